The van der Waals surface area contributed by atoms with Gasteiger partial charge in [-0.05, 0) is 43.0 Å². The number of nitrogens with one attached hydrogen (secondary N) is 1. The summed E-state index contributed by atoms with van der Waals surface area (Å²) in [7, 11) is -3.93. The number of benzene rings is 1. The van der Waals surface area contributed by atoms with Crippen LogP contribution in [0.25, 0.3) is 0 Å². The van der Waals surface area contributed by atoms with Crippen molar-refractivity contribution in [3.63, 3.8) is 0 Å². The van der Waals surface area contributed by atoms with Crippen LogP contribution >= 0.6 is 0 Å². The minimum Gasteiger partial charge on any atom is -0.391 e. The molecule has 0 bridgehead atoms. The van der Waals surface area contributed by atoms with Crippen molar-refractivity contribution < 1.29 is 26.7 Å². The van der Waals surface area contributed by atoms with Crippen LogP contribution in [-0.4, -0.2) is 26.2 Å². The summed E-state index contributed by atoms with van der Waals surface area (Å²) < 4.78 is 63.9. The molecule has 2 rings (SSSR count). The van der Waals surface area contributed by atoms with E-state index in [4.69, 9.17) is 0 Å². The van der Waals surface area contributed by atoms with Gasteiger partial charge in [-0.25, -0.2) is 13.1 Å². The van der Waals surface area contributed by atoms with E-state index in [0.29, 0.717) is 0 Å². The molecular weight excluding hydrogens is 331 g/mol. The molecule has 0 heterocycles. The molecule has 1 aromatic carbocycles. The van der Waals surface area contributed by atoms with Crippen LogP contribution in [0.3, 0.4) is 0 Å². The molecule has 1 unspecified atom stereocenters. The lowest BCUT2D eigenvalue weighted by molar-refractivity contribution is -0.137. The summed E-state index contributed by atoms with van der Waals surface area (Å²) in [6.45, 7) is -0.131. The molecule has 0 amide bonds. The van der Waals surface area contributed by atoms with Crippen molar-refractivity contribution in [1.29, 1.82) is 0 Å². The highest BCUT2D eigenvalue weighted by Gasteiger charge is 2.31. The van der Waals surface area contributed by atoms with Crippen LogP contribution in [0, 0.1) is 5.92 Å². The monoisotopic (exact) mass is 351 g/mol. The fourth-order valence-electron chi connectivity index (χ4n) is 2.79. The van der Waals surface area contributed by atoms with E-state index < -0.39 is 27.9 Å². The fraction of sp³-hybridized carbons (Fsp3) is 0.600. The van der Waals surface area contributed by atoms with E-state index in [9.17, 15) is 26.7 Å². The Kier molecular flexibility index (Phi) is 5.70. The van der Waals surface area contributed by atoms with E-state index in [1.54, 1.807) is 0 Å². The van der Waals surface area contributed by atoms with E-state index in [1.807, 2.05) is 0 Å². The minimum absolute atomic E-state index is 0.0686. The summed E-state index contributed by atoms with van der Waals surface area (Å²) in [6.07, 6.45) is -0.389. The molecule has 23 heavy (non-hydrogen) atoms. The maximum Gasteiger partial charge on any atom is 0.416 e. The lowest BCUT2D eigenvalue weighted by Gasteiger charge is -2.26. The van der Waals surface area contributed by atoms with Crippen molar-refractivity contribution in [3.8, 4) is 0 Å². The zero-order chi connectivity index (χ0) is 17.1. The molecule has 8 heteroatoms. The third-order valence-electron chi connectivity index (χ3n) is 4.17. The van der Waals surface area contributed by atoms with Crippen LogP contribution in [0.1, 0.15) is 37.7 Å². The number of sulfonamides is 1. The highest BCUT2D eigenvalue weighted by molar-refractivity contribution is 7.89. The van der Waals surface area contributed by atoms with Crippen LogP contribution in [0.5, 0.6) is 0 Å². The van der Waals surface area contributed by atoms with Gasteiger partial charge in [0.2, 0.25) is 10.0 Å². The van der Waals surface area contributed by atoms with Crippen molar-refractivity contribution in [2.45, 2.75) is 49.3 Å². The summed E-state index contributed by atoms with van der Waals surface area (Å²) in [5, 5.41) is 10.1. The predicted octanol–water partition coefficient (Wildman–Crippen LogP) is 2.92. The van der Waals surface area contributed by atoms with E-state index in [-0.39, 0.29) is 17.4 Å². The van der Waals surface area contributed by atoms with Gasteiger partial charge in [-0.3, -0.25) is 0 Å². The smallest absolute Gasteiger partial charge is 0.391 e. The lowest BCUT2D eigenvalue weighted by Crippen LogP contribution is -2.37. The molecule has 0 radical (unpaired) electrons. The third kappa shape index (κ3) is 4.92. The largest absolute Gasteiger partial charge is 0.416 e. The van der Waals surface area contributed by atoms with Crippen LogP contribution in [-0.2, 0) is 16.2 Å². The summed E-state index contributed by atoms with van der Waals surface area (Å²) in [5.41, 5.74) is -0.904. The zero-order valence-corrected chi connectivity index (χ0v) is 13.3. The fourth-order valence-corrected chi connectivity index (χ4v) is 3.84. The molecular formula is C15H20F3NO3S. The van der Waals surface area contributed by atoms with Gasteiger partial charge in [0, 0.05) is 6.54 Å². The molecule has 130 valence electrons. The Hall–Kier alpha value is -1.12. The van der Waals surface area contributed by atoms with Crippen LogP contribution < -0.4 is 4.72 Å². The summed E-state index contributed by atoms with van der Waals surface area (Å²) in [4.78, 5) is -0.249. The standard InChI is InChI=1S/C15H20F3NO3S/c16-15(17,18)12-6-8-13(9-7-12)23(21,22)19-10-14(20)11-4-2-1-3-5-11/h6-9,11,14,19-20H,1-5,10H2. The number of halogens is 3. The molecule has 1 fully saturated rings. The second kappa shape index (κ2) is 7.19. The van der Waals surface area contributed by atoms with Crippen LogP contribution in [0.15, 0.2) is 29.2 Å². The first-order valence-corrected chi connectivity index (χ1v) is 9.03. The number of aliphatic hydroxyl groups excluding tert-OH is 1. The van der Waals surface area contributed by atoms with Gasteiger partial charge in [0.1, 0.15) is 0 Å². The molecule has 1 atom stereocenters. The van der Waals surface area contributed by atoms with Crippen molar-refractivity contribution in [2.24, 2.45) is 5.92 Å². The van der Waals surface area contributed by atoms with Gasteiger partial charge in [-0.2, -0.15) is 13.2 Å². The number of aliphatic hydroxyl groups is 1. The molecule has 0 aromatic heterocycles. The Morgan fingerprint density at radius 1 is 1.13 bits per heavy atom. The van der Waals surface area contributed by atoms with Crippen LogP contribution in [0.2, 0.25) is 0 Å². The molecule has 1 aliphatic rings. The molecule has 1 aliphatic carbocycles. The highest BCUT2D eigenvalue weighted by atomic mass is 32.2. The average molecular weight is 351 g/mol. The molecule has 4 nitrogen and oxygen atoms in total. The molecule has 0 saturated heterocycles. The topological polar surface area (TPSA) is 66.4 Å². The first kappa shape index (κ1) is 18.2. The van der Waals surface area contributed by atoms with E-state index in [2.05, 4.69) is 4.72 Å². The van der Waals surface area contributed by atoms with E-state index in [0.717, 1.165) is 56.4 Å². The Morgan fingerprint density at radius 2 is 1.70 bits per heavy atom. The second-order valence-electron chi connectivity index (χ2n) is 5.84. The van der Waals surface area contributed by atoms with Gasteiger partial charge in [0.25, 0.3) is 0 Å². The first-order valence-electron chi connectivity index (χ1n) is 7.55. The Bertz CT molecular complexity index is 608. The zero-order valence-electron chi connectivity index (χ0n) is 12.5. The first-order chi connectivity index (χ1) is 10.7. The van der Waals surface area contributed by atoms with E-state index in [1.165, 1.54) is 0 Å². The van der Waals surface area contributed by atoms with Gasteiger partial charge < -0.3 is 5.11 Å². The highest BCUT2D eigenvalue weighted by Crippen LogP contribution is 2.30. The maximum absolute atomic E-state index is 12.5. The lowest BCUT2D eigenvalue weighted by atomic mass is 9.85. The normalized spacial score (nSPS) is 18.8. The summed E-state index contributed by atoms with van der Waals surface area (Å²) in [6, 6.07) is 3.29. The van der Waals surface area contributed by atoms with Gasteiger partial charge in [-0.15, -0.1) is 0 Å². The quantitative estimate of drug-likeness (QED) is 0.857. The molecule has 1 saturated carbocycles. The minimum atomic E-state index is -4.51. The average Bonchev–Trinajstić information content (AvgIpc) is 2.53. The van der Waals surface area contributed by atoms with Crippen molar-refractivity contribution in [2.75, 3.05) is 6.54 Å². The summed E-state index contributed by atoms with van der Waals surface area (Å²) in [5.74, 6) is 0.0686. The Labute approximate surface area is 133 Å². The number of hydrogen-bond donors (Lipinski definition) is 2. The third-order valence-corrected chi connectivity index (χ3v) is 5.61. The maximum atomic E-state index is 12.5. The predicted molar refractivity (Wildman–Crippen MR) is 79.2 cm³/mol. The second-order valence-corrected chi connectivity index (χ2v) is 7.61. The van der Waals surface area contributed by atoms with E-state index >= 15 is 0 Å². The SMILES string of the molecule is O=S(=O)(NCC(O)C1CCCCC1)c1ccc(C(F)(F)F)cc1. The molecule has 0 aliphatic heterocycles. The van der Waals surface area contributed by atoms with Gasteiger partial charge >= 0.3 is 6.18 Å². The van der Waals surface area contributed by atoms with Crippen molar-refractivity contribution in [1.82, 2.24) is 4.72 Å². The van der Waals surface area contributed by atoms with Gasteiger partial charge in [0.05, 0.1) is 16.6 Å². The van der Waals surface area contributed by atoms with Gasteiger partial charge in [-0.1, -0.05) is 19.3 Å². The van der Waals surface area contributed by atoms with Crippen molar-refractivity contribution in [3.05, 3.63) is 29.8 Å². The molecule has 0 spiro atoms. The Balaban J connectivity index is 1.98. The molecule has 1 aromatic rings. The number of hydrogen-bond acceptors (Lipinski definition) is 3. The van der Waals surface area contributed by atoms with Gasteiger partial charge in [0.15, 0.2) is 0 Å². The number of alkyl halides is 3. The molecule has 2 N–H and O–H groups in total. The number of rotatable bonds is 5. The summed E-state index contributed by atoms with van der Waals surface area (Å²) >= 11 is 0. The Morgan fingerprint density at radius 3 is 2.22 bits per heavy atom. The van der Waals surface area contributed by atoms with Crippen molar-refractivity contribution >= 4 is 10.0 Å². The van der Waals surface area contributed by atoms with Crippen LogP contribution in [0.4, 0.5) is 13.2 Å².